The lowest BCUT2D eigenvalue weighted by atomic mass is 10.0. The summed E-state index contributed by atoms with van der Waals surface area (Å²) < 4.78 is 24.6. The molecule has 1 aliphatic heterocycles. The monoisotopic (exact) mass is 430 g/mol. The Morgan fingerprint density at radius 1 is 1.17 bits per heavy atom. The molecule has 2 heterocycles. The van der Waals surface area contributed by atoms with E-state index in [1.807, 2.05) is 0 Å². The first-order valence-corrected chi connectivity index (χ1v) is 9.99. The van der Waals surface area contributed by atoms with Crippen LogP contribution in [0.5, 0.6) is 5.75 Å². The van der Waals surface area contributed by atoms with Crippen LogP contribution in [0.3, 0.4) is 0 Å². The molecule has 0 aliphatic carbocycles. The normalized spacial score (nSPS) is 15.2. The van der Waals surface area contributed by atoms with E-state index in [1.54, 1.807) is 30.0 Å². The molecule has 1 unspecified atom stereocenters. The van der Waals surface area contributed by atoms with Crippen molar-refractivity contribution in [2.75, 3.05) is 26.2 Å². The van der Waals surface area contributed by atoms with Crippen LogP contribution in [0.1, 0.15) is 6.92 Å². The topological polar surface area (TPSA) is 71.8 Å². The third kappa shape index (κ3) is 4.17. The first-order chi connectivity index (χ1) is 14.4. The number of carbonyl (C=O) groups is 1. The largest absolute Gasteiger partial charge is 0.481 e. The van der Waals surface area contributed by atoms with Gasteiger partial charge in [-0.25, -0.2) is 9.18 Å². The highest BCUT2D eigenvalue weighted by molar-refractivity contribution is 6.33. The van der Waals surface area contributed by atoms with E-state index in [1.165, 1.54) is 24.3 Å². The molecule has 1 amide bonds. The van der Waals surface area contributed by atoms with Gasteiger partial charge in [0.15, 0.2) is 6.10 Å². The Labute approximate surface area is 177 Å². The highest BCUT2D eigenvalue weighted by atomic mass is 35.5. The summed E-state index contributed by atoms with van der Waals surface area (Å²) in [6.45, 7) is 4.49. The van der Waals surface area contributed by atoms with Crippen LogP contribution in [0.15, 0.2) is 51.7 Å². The summed E-state index contributed by atoms with van der Waals surface area (Å²) in [4.78, 5) is 26.5. The van der Waals surface area contributed by atoms with Crippen LogP contribution in [0.4, 0.5) is 4.39 Å². The molecular formula is C22H20ClFN2O4. The van der Waals surface area contributed by atoms with E-state index >= 15 is 0 Å². The van der Waals surface area contributed by atoms with Gasteiger partial charge < -0.3 is 19.4 Å². The Morgan fingerprint density at radius 3 is 2.67 bits per heavy atom. The molecule has 4 rings (SSSR count). The number of halogens is 2. The molecule has 0 bridgehead atoms. The van der Waals surface area contributed by atoms with Gasteiger partial charge in [0.1, 0.15) is 17.1 Å². The molecule has 1 N–H and O–H groups in total. The molecule has 30 heavy (non-hydrogen) atoms. The molecule has 8 heteroatoms. The quantitative estimate of drug-likeness (QED) is 0.642. The molecule has 1 fully saturated rings. The smallest absolute Gasteiger partial charge is 0.336 e. The molecular weight excluding hydrogens is 411 g/mol. The summed E-state index contributed by atoms with van der Waals surface area (Å²) >= 11 is 6.18. The van der Waals surface area contributed by atoms with Gasteiger partial charge in [0.25, 0.3) is 5.91 Å². The first-order valence-electron chi connectivity index (χ1n) is 9.62. The molecule has 156 valence electrons. The summed E-state index contributed by atoms with van der Waals surface area (Å²) in [7, 11) is 0. The lowest BCUT2D eigenvalue weighted by Gasteiger charge is -2.29. The number of piperazine rings is 1. The number of amides is 1. The summed E-state index contributed by atoms with van der Waals surface area (Å²) in [5.41, 5.74) is 0.770. The van der Waals surface area contributed by atoms with Gasteiger partial charge in [-0.1, -0.05) is 11.6 Å². The molecule has 0 radical (unpaired) electrons. The number of ether oxygens (including phenoxy) is 1. The van der Waals surface area contributed by atoms with Gasteiger partial charge in [0.2, 0.25) is 0 Å². The molecule has 1 saturated heterocycles. The van der Waals surface area contributed by atoms with Crippen molar-refractivity contribution in [1.29, 1.82) is 0 Å². The predicted molar refractivity (Wildman–Crippen MR) is 112 cm³/mol. The second-order valence-corrected chi connectivity index (χ2v) is 7.50. The number of nitrogens with zero attached hydrogens (tertiary/aromatic N) is 1. The second kappa shape index (κ2) is 8.45. The maximum absolute atomic E-state index is 13.4. The minimum atomic E-state index is -0.679. The summed E-state index contributed by atoms with van der Waals surface area (Å²) in [6, 6.07) is 10.3. The fourth-order valence-electron chi connectivity index (χ4n) is 3.54. The SMILES string of the molecule is CC(Oc1ccc2c(-c3ccc(F)cc3Cl)cc(=O)oc2c1)C(=O)N1CCNCC1. The van der Waals surface area contributed by atoms with Crippen molar-refractivity contribution in [2.45, 2.75) is 13.0 Å². The second-order valence-electron chi connectivity index (χ2n) is 7.10. The lowest BCUT2D eigenvalue weighted by molar-refractivity contribution is -0.138. The number of fused-ring (bicyclic) bond motifs is 1. The van der Waals surface area contributed by atoms with Crippen molar-refractivity contribution in [1.82, 2.24) is 10.2 Å². The van der Waals surface area contributed by atoms with Gasteiger partial charge in [-0.3, -0.25) is 4.79 Å². The van der Waals surface area contributed by atoms with Gasteiger partial charge >= 0.3 is 5.63 Å². The Morgan fingerprint density at radius 2 is 1.93 bits per heavy atom. The maximum Gasteiger partial charge on any atom is 0.336 e. The zero-order valence-electron chi connectivity index (χ0n) is 16.3. The van der Waals surface area contributed by atoms with E-state index in [4.69, 9.17) is 20.8 Å². The molecule has 0 saturated carbocycles. The van der Waals surface area contributed by atoms with Crippen molar-refractivity contribution >= 4 is 28.5 Å². The third-order valence-electron chi connectivity index (χ3n) is 5.03. The average Bonchev–Trinajstić information content (AvgIpc) is 2.73. The molecule has 0 spiro atoms. The van der Waals surface area contributed by atoms with Crippen LogP contribution >= 0.6 is 11.6 Å². The van der Waals surface area contributed by atoms with Gasteiger partial charge in [-0.05, 0) is 37.3 Å². The molecule has 6 nitrogen and oxygen atoms in total. The van der Waals surface area contributed by atoms with Crippen molar-refractivity contribution in [3.05, 3.63) is 63.7 Å². The predicted octanol–water partition coefficient (Wildman–Crippen LogP) is 3.45. The Kier molecular flexibility index (Phi) is 5.74. The molecule has 1 atom stereocenters. The molecule has 3 aromatic rings. The van der Waals surface area contributed by atoms with Crippen molar-refractivity contribution < 1.29 is 18.3 Å². The average molecular weight is 431 g/mol. The summed E-state index contributed by atoms with van der Waals surface area (Å²) in [6.07, 6.45) is -0.679. The Hall–Kier alpha value is -2.90. The van der Waals surface area contributed by atoms with Gasteiger partial charge in [-0.2, -0.15) is 0 Å². The number of hydrogen-bond acceptors (Lipinski definition) is 5. The van der Waals surface area contributed by atoms with E-state index in [-0.39, 0.29) is 16.5 Å². The molecule has 2 aromatic carbocycles. The van der Waals surface area contributed by atoms with Gasteiger partial charge in [-0.15, -0.1) is 0 Å². The van der Waals surface area contributed by atoms with E-state index in [0.29, 0.717) is 35.4 Å². The standard InChI is InChI=1S/C22H20ClFN2O4/c1-13(22(28)26-8-6-25-7-9-26)29-15-3-5-17-18(12-21(27)30-20(17)11-15)16-4-2-14(24)10-19(16)23/h2-5,10-13,25H,6-9H2,1H3. The van der Waals surface area contributed by atoms with E-state index in [0.717, 1.165) is 13.1 Å². The lowest BCUT2D eigenvalue weighted by Crippen LogP contribution is -2.50. The minimum absolute atomic E-state index is 0.0927. The highest BCUT2D eigenvalue weighted by Crippen LogP contribution is 2.34. The number of rotatable bonds is 4. The Balaban J connectivity index is 1.64. The van der Waals surface area contributed by atoms with E-state index in [9.17, 15) is 14.0 Å². The van der Waals surface area contributed by atoms with Crippen LogP contribution in [-0.2, 0) is 4.79 Å². The summed E-state index contributed by atoms with van der Waals surface area (Å²) in [5, 5.41) is 4.02. The zero-order chi connectivity index (χ0) is 21.3. The summed E-state index contributed by atoms with van der Waals surface area (Å²) in [5.74, 6) is -0.149. The fourth-order valence-corrected chi connectivity index (χ4v) is 3.81. The highest BCUT2D eigenvalue weighted by Gasteiger charge is 2.23. The van der Waals surface area contributed by atoms with Crippen molar-refractivity contribution in [3.63, 3.8) is 0 Å². The van der Waals surface area contributed by atoms with Gasteiger partial charge in [0, 0.05) is 54.8 Å². The van der Waals surface area contributed by atoms with E-state index in [2.05, 4.69) is 5.32 Å². The Bertz CT molecular complexity index is 1160. The van der Waals surface area contributed by atoms with Crippen LogP contribution in [0, 0.1) is 5.82 Å². The zero-order valence-corrected chi connectivity index (χ0v) is 17.0. The third-order valence-corrected chi connectivity index (χ3v) is 5.34. The number of hydrogen-bond donors (Lipinski definition) is 1. The maximum atomic E-state index is 13.4. The van der Waals surface area contributed by atoms with Crippen LogP contribution in [0.25, 0.3) is 22.1 Å². The van der Waals surface area contributed by atoms with Crippen molar-refractivity contribution in [2.24, 2.45) is 0 Å². The van der Waals surface area contributed by atoms with Gasteiger partial charge in [0.05, 0.1) is 5.02 Å². The first kappa shape index (κ1) is 20.4. The van der Waals surface area contributed by atoms with Crippen LogP contribution < -0.4 is 15.7 Å². The number of benzene rings is 2. The minimum Gasteiger partial charge on any atom is -0.481 e. The van der Waals surface area contributed by atoms with Crippen LogP contribution in [-0.4, -0.2) is 43.1 Å². The van der Waals surface area contributed by atoms with Crippen molar-refractivity contribution in [3.8, 4) is 16.9 Å². The van der Waals surface area contributed by atoms with Crippen LogP contribution in [0.2, 0.25) is 5.02 Å². The number of carbonyl (C=O) groups excluding carboxylic acids is 1. The van der Waals surface area contributed by atoms with E-state index < -0.39 is 17.5 Å². The molecule has 1 aromatic heterocycles. The number of nitrogens with one attached hydrogen (secondary N) is 1. The molecule has 1 aliphatic rings. The fraction of sp³-hybridized carbons (Fsp3) is 0.273.